The fourth-order valence-corrected chi connectivity index (χ4v) is 2.88. The van der Waals surface area contributed by atoms with E-state index >= 15 is 0 Å². The lowest BCUT2D eigenvalue weighted by Gasteiger charge is -2.14. The predicted molar refractivity (Wildman–Crippen MR) is 73.6 cm³/mol. The summed E-state index contributed by atoms with van der Waals surface area (Å²) in [6, 6.07) is 4.17. The fourth-order valence-electron chi connectivity index (χ4n) is 1.54. The molecule has 0 aliphatic heterocycles. The Bertz CT molecular complexity index is 559. The average molecular weight is 337 g/mol. The van der Waals surface area contributed by atoms with Gasteiger partial charge in [0.15, 0.2) is 0 Å². The number of benzene rings is 1. The standard InChI is InChI=1S/C10H13BrN2O4S/c1-7(6-18(2,16)17)12-9-4-3-8(11)5-10(9)13(14)15/h3-5,7,12H,6H2,1-2H3. The molecule has 100 valence electrons. The van der Waals surface area contributed by atoms with Gasteiger partial charge in [0.05, 0.1) is 10.7 Å². The van der Waals surface area contributed by atoms with Gasteiger partial charge in [-0.2, -0.15) is 0 Å². The van der Waals surface area contributed by atoms with E-state index in [9.17, 15) is 18.5 Å². The number of halogens is 1. The molecule has 0 aromatic heterocycles. The summed E-state index contributed by atoms with van der Waals surface area (Å²) < 4.78 is 22.8. The zero-order chi connectivity index (χ0) is 13.9. The van der Waals surface area contributed by atoms with Crippen LogP contribution in [-0.2, 0) is 9.84 Å². The van der Waals surface area contributed by atoms with E-state index in [1.165, 1.54) is 6.07 Å². The van der Waals surface area contributed by atoms with Crippen LogP contribution < -0.4 is 5.32 Å². The third-order valence-electron chi connectivity index (χ3n) is 2.11. The van der Waals surface area contributed by atoms with Crippen molar-refractivity contribution in [3.8, 4) is 0 Å². The van der Waals surface area contributed by atoms with Crippen LogP contribution in [0.1, 0.15) is 6.92 Å². The smallest absolute Gasteiger partial charge is 0.293 e. The van der Waals surface area contributed by atoms with Crippen LogP contribution in [0.4, 0.5) is 11.4 Å². The van der Waals surface area contributed by atoms with Gasteiger partial charge in [0.2, 0.25) is 0 Å². The largest absolute Gasteiger partial charge is 0.376 e. The van der Waals surface area contributed by atoms with Crippen LogP contribution in [0.3, 0.4) is 0 Å². The Hall–Kier alpha value is -1.15. The Balaban J connectivity index is 2.94. The second kappa shape index (κ2) is 5.66. The molecule has 0 heterocycles. The van der Waals surface area contributed by atoms with Gasteiger partial charge in [-0.05, 0) is 19.1 Å². The Morgan fingerprint density at radius 1 is 1.50 bits per heavy atom. The average Bonchev–Trinajstić information content (AvgIpc) is 2.17. The van der Waals surface area contributed by atoms with Crippen LogP contribution >= 0.6 is 15.9 Å². The normalized spacial score (nSPS) is 13.1. The first kappa shape index (κ1) is 14.9. The number of sulfone groups is 1. The third kappa shape index (κ3) is 4.61. The number of nitro benzene ring substituents is 1. The molecule has 0 saturated carbocycles. The van der Waals surface area contributed by atoms with E-state index in [4.69, 9.17) is 0 Å². The van der Waals surface area contributed by atoms with E-state index < -0.39 is 20.8 Å². The van der Waals surface area contributed by atoms with Gasteiger partial charge in [-0.25, -0.2) is 8.42 Å². The molecule has 0 aliphatic carbocycles. The lowest BCUT2D eigenvalue weighted by atomic mass is 10.2. The van der Waals surface area contributed by atoms with E-state index in [1.807, 2.05) is 0 Å². The lowest BCUT2D eigenvalue weighted by Crippen LogP contribution is -2.25. The predicted octanol–water partition coefficient (Wildman–Crippen LogP) is 2.20. The van der Waals surface area contributed by atoms with E-state index in [0.29, 0.717) is 10.2 Å². The van der Waals surface area contributed by atoms with Gasteiger partial charge in [0.25, 0.3) is 5.69 Å². The van der Waals surface area contributed by atoms with E-state index in [0.717, 1.165) is 6.26 Å². The molecule has 0 fully saturated rings. The SMILES string of the molecule is CC(CS(C)(=O)=O)Nc1ccc(Br)cc1[N+](=O)[O-]. The summed E-state index contributed by atoms with van der Waals surface area (Å²) in [6.45, 7) is 1.66. The first-order valence-electron chi connectivity index (χ1n) is 5.07. The van der Waals surface area contributed by atoms with E-state index in [2.05, 4.69) is 21.2 Å². The van der Waals surface area contributed by atoms with Gasteiger partial charge in [-0.1, -0.05) is 15.9 Å². The summed E-state index contributed by atoms with van der Waals surface area (Å²) in [5.74, 6) is -0.0831. The molecule has 1 aromatic carbocycles. The van der Waals surface area contributed by atoms with Gasteiger partial charge in [-0.15, -0.1) is 0 Å². The summed E-state index contributed by atoms with van der Waals surface area (Å²) in [5.41, 5.74) is 0.212. The van der Waals surface area contributed by atoms with Gasteiger partial charge in [0, 0.05) is 22.8 Å². The second-order valence-corrected chi connectivity index (χ2v) is 7.16. The number of anilines is 1. The summed E-state index contributed by atoms with van der Waals surface area (Å²) in [4.78, 5) is 10.4. The van der Waals surface area contributed by atoms with Crippen LogP contribution in [0.2, 0.25) is 0 Å². The Morgan fingerprint density at radius 3 is 2.61 bits per heavy atom. The zero-order valence-electron chi connectivity index (χ0n) is 9.88. The van der Waals surface area contributed by atoms with Crippen molar-refractivity contribution in [3.63, 3.8) is 0 Å². The highest BCUT2D eigenvalue weighted by Gasteiger charge is 2.17. The maximum atomic E-state index is 11.1. The highest BCUT2D eigenvalue weighted by atomic mass is 79.9. The van der Waals surface area contributed by atoms with Gasteiger partial charge < -0.3 is 5.32 Å². The summed E-state index contributed by atoms with van der Waals surface area (Å²) in [6.07, 6.45) is 1.13. The molecule has 6 nitrogen and oxygen atoms in total. The van der Waals surface area contributed by atoms with Crippen molar-refractivity contribution < 1.29 is 13.3 Å². The molecule has 1 aromatic rings. The highest BCUT2D eigenvalue weighted by molar-refractivity contribution is 9.10. The van der Waals surface area contributed by atoms with Crippen molar-refractivity contribution in [2.45, 2.75) is 13.0 Å². The molecule has 0 spiro atoms. The molecule has 1 atom stereocenters. The Kier molecular flexibility index (Phi) is 4.69. The minimum Gasteiger partial charge on any atom is -0.376 e. The molecule has 18 heavy (non-hydrogen) atoms. The number of nitro groups is 1. The van der Waals surface area contributed by atoms with Crippen molar-refractivity contribution in [1.29, 1.82) is 0 Å². The Labute approximate surface area is 114 Å². The molecule has 1 N–H and O–H groups in total. The first-order valence-corrected chi connectivity index (χ1v) is 7.92. The topological polar surface area (TPSA) is 89.3 Å². The molecule has 1 rings (SSSR count). The van der Waals surface area contributed by atoms with Crippen molar-refractivity contribution in [2.75, 3.05) is 17.3 Å². The lowest BCUT2D eigenvalue weighted by molar-refractivity contribution is -0.384. The number of rotatable bonds is 5. The summed E-state index contributed by atoms with van der Waals surface area (Å²) in [5, 5.41) is 13.7. The van der Waals surface area contributed by atoms with E-state index in [1.54, 1.807) is 19.1 Å². The van der Waals surface area contributed by atoms with Crippen LogP contribution in [0.15, 0.2) is 22.7 Å². The van der Waals surface area contributed by atoms with Gasteiger partial charge in [-0.3, -0.25) is 10.1 Å². The van der Waals surface area contributed by atoms with Crippen molar-refractivity contribution in [2.24, 2.45) is 0 Å². The number of hydrogen-bond donors (Lipinski definition) is 1. The fraction of sp³-hybridized carbons (Fsp3) is 0.400. The van der Waals surface area contributed by atoms with Crippen molar-refractivity contribution >= 4 is 37.1 Å². The first-order chi connectivity index (χ1) is 8.19. The molecule has 1 unspecified atom stereocenters. The monoisotopic (exact) mass is 336 g/mol. The van der Waals surface area contributed by atoms with Crippen LogP contribution in [0, 0.1) is 10.1 Å². The number of nitrogens with zero attached hydrogens (tertiary/aromatic N) is 1. The molecule has 8 heteroatoms. The third-order valence-corrected chi connectivity index (χ3v) is 3.71. The van der Waals surface area contributed by atoms with Crippen molar-refractivity contribution in [1.82, 2.24) is 0 Å². The molecular weight excluding hydrogens is 324 g/mol. The minimum absolute atomic E-state index is 0.0831. The maximum Gasteiger partial charge on any atom is 0.293 e. The quantitative estimate of drug-likeness (QED) is 0.657. The zero-order valence-corrected chi connectivity index (χ0v) is 12.3. The van der Waals surface area contributed by atoms with Gasteiger partial charge in [0.1, 0.15) is 15.5 Å². The Morgan fingerprint density at radius 2 is 2.11 bits per heavy atom. The van der Waals surface area contributed by atoms with Crippen molar-refractivity contribution in [3.05, 3.63) is 32.8 Å². The van der Waals surface area contributed by atoms with Crippen LogP contribution in [0.25, 0.3) is 0 Å². The minimum atomic E-state index is -3.13. The van der Waals surface area contributed by atoms with E-state index in [-0.39, 0.29) is 11.4 Å². The molecule has 0 radical (unpaired) electrons. The van der Waals surface area contributed by atoms with Gasteiger partial charge >= 0.3 is 0 Å². The second-order valence-electron chi connectivity index (χ2n) is 4.06. The van der Waals surface area contributed by atoms with Crippen LogP contribution in [-0.4, -0.2) is 31.4 Å². The molecule has 0 amide bonds. The molecule has 0 saturated heterocycles. The molecule has 0 aliphatic rings. The maximum absolute atomic E-state index is 11.1. The summed E-state index contributed by atoms with van der Waals surface area (Å²) >= 11 is 3.15. The number of nitrogens with one attached hydrogen (secondary N) is 1. The highest BCUT2D eigenvalue weighted by Crippen LogP contribution is 2.28. The summed E-state index contributed by atoms with van der Waals surface area (Å²) in [7, 11) is -3.13. The molecular formula is C10H13BrN2O4S. The number of hydrogen-bond acceptors (Lipinski definition) is 5. The molecule has 0 bridgehead atoms. The van der Waals surface area contributed by atoms with Crippen LogP contribution in [0.5, 0.6) is 0 Å².